The topological polar surface area (TPSA) is 101 Å². The number of nitrogens with one attached hydrogen (secondary N) is 2. The highest BCUT2D eigenvalue weighted by molar-refractivity contribution is 7.89. The molecule has 0 amide bonds. The lowest BCUT2D eigenvalue weighted by Crippen LogP contribution is -2.32. The number of sulfonamides is 1. The summed E-state index contributed by atoms with van der Waals surface area (Å²) in [4.78, 5) is 0.192. The van der Waals surface area contributed by atoms with E-state index in [-0.39, 0.29) is 11.4 Å². The first-order chi connectivity index (χ1) is 9.42. The first-order valence-electron chi connectivity index (χ1n) is 6.23. The van der Waals surface area contributed by atoms with Gasteiger partial charge in [-0.15, -0.1) is 0 Å². The Kier molecular flexibility index (Phi) is 4.22. The Balaban J connectivity index is 2.11. The lowest BCUT2D eigenvalue weighted by atomic mass is 10.1. The summed E-state index contributed by atoms with van der Waals surface area (Å²) in [5.74, 6) is 0. The standard InChI is InChI=1S/C13H18N4O2S/c1-9-13(10(2)17-16-9)20(18,19)15-8-12(14)11-6-4-3-5-7-11/h3-7,12,15H,8,14H2,1-2H3,(H,16,17)/t12-/m1/s1. The molecule has 2 aromatic rings. The molecule has 0 fully saturated rings. The molecule has 0 unspecified atom stereocenters. The van der Waals surface area contributed by atoms with E-state index in [1.807, 2.05) is 30.3 Å². The molecule has 0 bridgehead atoms. The molecule has 6 nitrogen and oxygen atoms in total. The average Bonchev–Trinajstić information content (AvgIpc) is 2.77. The summed E-state index contributed by atoms with van der Waals surface area (Å²) in [6.45, 7) is 3.46. The van der Waals surface area contributed by atoms with Crippen molar-refractivity contribution in [3.63, 3.8) is 0 Å². The van der Waals surface area contributed by atoms with E-state index < -0.39 is 16.1 Å². The Hall–Kier alpha value is -1.70. The van der Waals surface area contributed by atoms with E-state index in [4.69, 9.17) is 5.73 Å². The Labute approximate surface area is 118 Å². The normalized spacial score (nSPS) is 13.3. The molecule has 2 rings (SSSR count). The Morgan fingerprint density at radius 2 is 1.95 bits per heavy atom. The maximum absolute atomic E-state index is 12.2. The van der Waals surface area contributed by atoms with E-state index in [9.17, 15) is 8.42 Å². The molecular formula is C13H18N4O2S. The van der Waals surface area contributed by atoms with E-state index in [1.165, 1.54) is 0 Å². The van der Waals surface area contributed by atoms with Crippen molar-refractivity contribution in [2.45, 2.75) is 24.8 Å². The Morgan fingerprint density at radius 1 is 1.30 bits per heavy atom. The summed E-state index contributed by atoms with van der Waals surface area (Å²) in [6.07, 6.45) is 0. The largest absolute Gasteiger partial charge is 0.323 e. The summed E-state index contributed by atoms with van der Waals surface area (Å²) in [7, 11) is -3.61. The highest BCUT2D eigenvalue weighted by Crippen LogP contribution is 2.17. The lowest BCUT2D eigenvalue weighted by Gasteiger charge is -2.13. The molecular weight excluding hydrogens is 276 g/mol. The molecule has 1 heterocycles. The average molecular weight is 294 g/mol. The van der Waals surface area contributed by atoms with E-state index in [0.717, 1.165) is 5.56 Å². The van der Waals surface area contributed by atoms with Crippen molar-refractivity contribution >= 4 is 10.0 Å². The van der Waals surface area contributed by atoms with Crippen LogP contribution in [-0.2, 0) is 10.0 Å². The highest BCUT2D eigenvalue weighted by atomic mass is 32.2. The van der Waals surface area contributed by atoms with Crippen LogP contribution >= 0.6 is 0 Å². The van der Waals surface area contributed by atoms with Crippen LogP contribution < -0.4 is 10.5 Å². The van der Waals surface area contributed by atoms with Gasteiger partial charge in [-0.05, 0) is 19.4 Å². The maximum Gasteiger partial charge on any atom is 0.244 e. The number of nitrogens with zero attached hydrogens (tertiary/aromatic N) is 1. The summed E-state index contributed by atoms with van der Waals surface area (Å²) >= 11 is 0. The zero-order valence-corrected chi connectivity index (χ0v) is 12.2. The molecule has 0 aliphatic carbocycles. The first kappa shape index (κ1) is 14.7. The van der Waals surface area contributed by atoms with Gasteiger partial charge in [0.15, 0.2) is 0 Å². The van der Waals surface area contributed by atoms with Crippen molar-refractivity contribution in [1.29, 1.82) is 0 Å². The van der Waals surface area contributed by atoms with Gasteiger partial charge in [0.25, 0.3) is 0 Å². The SMILES string of the molecule is Cc1n[nH]c(C)c1S(=O)(=O)NC[C@@H](N)c1ccccc1. The van der Waals surface area contributed by atoms with Gasteiger partial charge in [0.05, 0.1) is 11.4 Å². The number of benzene rings is 1. The van der Waals surface area contributed by atoms with Gasteiger partial charge in [-0.2, -0.15) is 5.10 Å². The molecule has 0 aliphatic rings. The van der Waals surface area contributed by atoms with Crippen molar-refractivity contribution in [2.75, 3.05) is 6.54 Å². The maximum atomic E-state index is 12.2. The van der Waals surface area contributed by atoms with Gasteiger partial charge in [0.2, 0.25) is 10.0 Å². The van der Waals surface area contributed by atoms with Gasteiger partial charge < -0.3 is 5.73 Å². The van der Waals surface area contributed by atoms with E-state index in [0.29, 0.717) is 11.4 Å². The number of aromatic nitrogens is 2. The number of hydrogen-bond acceptors (Lipinski definition) is 4. The third-order valence-electron chi connectivity index (χ3n) is 3.05. The first-order valence-corrected chi connectivity index (χ1v) is 7.72. The number of aryl methyl sites for hydroxylation is 2. The second kappa shape index (κ2) is 5.74. The second-order valence-corrected chi connectivity index (χ2v) is 6.34. The number of nitrogens with two attached hydrogens (primary N) is 1. The van der Waals surface area contributed by atoms with Gasteiger partial charge in [-0.3, -0.25) is 5.10 Å². The quantitative estimate of drug-likeness (QED) is 0.766. The van der Waals surface area contributed by atoms with Crippen molar-refractivity contribution in [3.8, 4) is 0 Å². The zero-order valence-electron chi connectivity index (χ0n) is 11.4. The molecule has 0 radical (unpaired) electrons. The number of H-pyrrole nitrogens is 1. The van der Waals surface area contributed by atoms with Crippen LogP contribution in [0.25, 0.3) is 0 Å². The van der Waals surface area contributed by atoms with Crippen molar-refractivity contribution < 1.29 is 8.42 Å². The van der Waals surface area contributed by atoms with E-state index in [2.05, 4.69) is 14.9 Å². The third kappa shape index (κ3) is 3.06. The molecule has 1 aromatic carbocycles. The van der Waals surface area contributed by atoms with E-state index in [1.54, 1.807) is 13.8 Å². The summed E-state index contributed by atoms with van der Waals surface area (Å²) in [5.41, 5.74) is 7.83. The predicted molar refractivity (Wildman–Crippen MR) is 76.6 cm³/mol. The summed E-state index contributed by atoms with van der Waals surface area (Å²) in [5, 5.41) is 6.55. The molecule has 20 heavy (non-hydrogen) atoms. The van der Waals surface area contributed by atoms with Crippen LogP contribution in [0.3, 0.4) is 0 Å². The van der Waals surface area contributed by atoms with Gasteiger partial charge in [0.1, 0.15) is 4.90 Å². The minimum atomic E-state index is -3.61. The number of rotatable bonds is 5. The van der Waals surface area contributed by atoms with Gasteiger partial charge in [-0.25, -0.2) is 13.1 Å². The molecule has 1 atom stereocenters. The van der Waals surface area contributed by atoms with Crippen LogP contribution in [0, 0.1) is 13.8 Å². The van der Waals surface area contributed by atoms with Crippen LogP contribution in [0.1, 0.15) is 23.0 Å². The highest BCUT2D eigenvalue weighted by Gasteiger charge is 2.22. The zero-order chi connectivity index (χ0) is 14.8. The Bertz CT molecular complexity index is 660. The van der Waals surface area contributed by atoms with Crippen LogP contribution in [0.2, 0.25) is 0 Å². The fourth-order valence-electron chi connectivity index (χ4n) is 2.03. The lowest BCUT2D eigenvalue weighted by molar-refractivity contribution is 0.571. The smallest absolute Gasteiger partial charge is 0.244 e. The molecule has 1 aromatic heterocycles. The van der Waals surface area contributed by atoms with Gasteiger partial charge in [0, 0.05) is 12.6 Å². The molecule has 0 aliphatic heterocycles. The third-order valence-corrected chi connectivity index (χ3v) is 4.74. The number of aromatic amines is 1. The summed E-state index contributed by atoms with van der Waals surface area (Å²) < 4.78 is 27.0. The fourth-order valence-corrected chi connectivity index (χ4v) is 3.45. The molecule has 0 saturated heterocycles. The Morgan fingerprint density at radius 3 is 2.50 bits per heavy atom. The van der Waals surface area contributed by atoms with Crippen LogP contribution in [0.4, 0.5) is 0 Å². The van der Waals surface area contributed by atoms with E-state index >= 15 is 0 Å². The fraction of sp³-hybridized carbons (Fsp3) is 0.308. The van der Waals surface area contributed by atoms with Crippen LogP contribution in [0.5, 0.6) is 0 Å². The monoisotopic (exact) mass is 294 g/mol. The van der Waals surface area contributed by atoms with Crippen molar-refractivity contribution in [3.05, 3.63) is 47.3 Å². The van der Waals surface area contributed by atoms with Crippen LogP contribution in [-0.4, -0.2) is 25.2 Å². The van der Waals surface area contributed by atoms with Crippen molar-refractivity contribution in [1.82, 2.24) is 14.9 Å². The molecule has 0 spiro atoms. The predicted octanol–water partition coefficient (Wildman–Crippen LogP) is 1.00. The van der Waals surface area contributed by atoms with Crippen molar-refractivity contribution in [2.24, 2.45) is 5.73 Å². The molecule has 7 heteroatoms. The minimum Gasteiger partial charge on any atom is -0.323 e. The molecule has 0 saturated carbocycles. The van der Waals surface area contributed by atoms with Gasteiger partial charge >= 0.3 is 0 Å². The van der Waals surface area contributed by atoms with Gasteiger partial charge in [-0.1, -0.05) is 30.3 Å². The van der Waals surface area contributed by atoms with Crippen LogP contribution in [0.15, 0.2) is 35.2 Å². The molecule has 108 valence electrons. The number of hydrogen-bond donors (Lipinski definition) is 3. The minimum absolute atomic E-state index is 0.135. The molecule has 4 N–H and O–H groups in total. The summed E-state index contributed by atoms with van der Waals surface area (Å²) in [6, 6.07) is 8.97. The second-order valence-electron chi connectivity index (χ2n) is 4.63.